The quantitative estimate of drug-likeness (QED) is 0.810. The molecule has 1 N–H and O–H groups in total. The third-order valence-corrected chi connectivity index (χ3v) is 7.87. The normalized spacial score (nSPS) is 16.5. The summed E-state index contributed by atoms with van der Waals surface area (Å²) in [4.78, 5) is -0.286. The minimum atomic E-state index is -3.96. The Balaban J connectivity index is 1.97. The maximum atomic E-state index is 12.7. The molecule has 0 atom stereocenters. The molecule has 0 aromatic heterocycles. The summed E-state index contributed by atoms with van der Waals surface area (Å²) < 4.78 is 58.7. The van der Waals surface area contributed by atoms with Crippen LogP contribution in [-0.4, -0.2) is 36.1 Å². The van der Waals surface area contributed by atoms with Gasteiger partial charge in [0.1, 0.15) is 4.90 Å². The molecule has 2 aromatic rings. The van der Waals surface area contributed by atoms with E-state index in [0.29, 0.717) is 26.1 Å². The summed E-state index contributed by atoms with van der Waals surface area (Å²) in [7, 11) is -7.80. The highest BCUT2D eigenvalue weighted by atomic mass is 35.5. The number of hydrogen-bond acceptors (Lipinski definition) is 5. The Morgan fingerprint density at radius 3 is 2.23 bits per heavy atom. The van der Waals surface area contributed by atoms with Crippen molar-refractivity contribution >= 4 is 31.5 Å². The minimum Gasteiger partial charge on any atom is -0.381 e. The molecule has 3 rings (SSSR count). The Labute approximate surface area is 158 Å². The van der Waals surface area contributed by atoms with E-state index in [1.54, 1.807) is 18.2 Å². The van der Waals surface area contributed by atoms with Crippen LogP contribution in [0, 0.1) is 0 Å². The van der Waals surface area contributed by atoms with Gasteiger partial charge in [-0.2, -0.15) is 0 Å². The molecule has 0 bridgehead atoms. The van der Waals surface area contributed by atoms with Gasteiger partial charge in [-0.15, -0.1) is 0 Å². The monoisotopic (exact) mass is 415 g/mol. The van der Waals surface area contributed by atoms with Crippen LogP contribution in [0.2, 0.25) is 5.02 Å². The van der Waals surface area contributed by atoms with Gasteiger partial charge in [-0.1, -0.05) is 29.8 Å². The van der Waals surface area contributed by atoms with Crippen LogP contribution >= 0.6 is 11.6 Å². The van der Waals surface area contributed by atoms with Crippen molar-refractivity contribution in [3.05, 3.63) is 53.6 Å². The molecule has 140 valence electrons. The van der Waals surface area contributed by atoms with Crippen molar-refractivity contribution in [3.63, 3.8) is 0 Å². The van der Waals surface area contributed by atoms with Crippen LogP contribution in [0.15, 0.2) is 63.2 Å². The van der Waals surface area contributed by atoms with Gasteiger partial charge < -0.3 is 4.74 Å². The second-order valence-electron chi connectivity index (χ2n) is 5.92. The fraction of sp³-hybridized carbons (Fsp3) is 0.294. The Morgan fingerprint density at radius 1 is 0.923 bits per heavy atom. The molecule has 1 fully saturated rings. The third kappa shape index (κ3) is 4.10. The molecule has 2 aromatic carbocycles. The number of sulfonamides is 1. The highest BCUT2D eigenvalue weighted by molar-refractivity contribution is 7.91. The molecule has 0 amide bonds. The van der Waals surface area contributed by atoms with Gasteiger partial charge in [-0.3, -0.25) is 0 Å². The maximum Gasteiger partial charge on any atom is 0.242 e. The first-order valence-corrected chi connectivity index (χ1v) is 11.3. The van der Waals surface area contributed by atoms with Crippen LogP contribution in [0.5, 0.6) is 0 Å². The van der Waals surface area contributed by atoms with E-state index < -0.39 is 19.9 Å². The molecule has 1 aliphatic rings. The van der Waals surface area contributed by atoms with E-state index in [4.69, 9.17) is 16.3 Å². The lowest BCUT2D eigenvalue weighted by Gasteiger charge is -2.23. The van der Waals surface area contributed by atoms with Crippen molar-refractivity contribution in [1.29, 1.82) is 0 Å². The molecule has 1 heterocycles. The van der Waals surface area contributed by atoms with Crippen molar-refractivity contribution in [1.82, 2.24) is 4.72 Å². The minimum absolute atomic E-state index is 0.0310. The molecule has 0 saturated carbocycles. The molecule has 6 nitrogen and oxygen atoms in total. The summed E-state index contributed by atoms with van der Waals surface area (Å²) >= 11 is 6.06. The van der Waals surface area contributed by atoms with E-state index in [0.717, 1.165) is 6.07 Å². The number of hydrogen-bond donors (Lipinski definition) is 1. The van der Waals surface area contributed by atoms with Gasteiger partial charge in [0.05, 0.1) is 14.8 Å². The zero-order chi connectivity index (χ0) is 18.8. The largest absolute Gasteiger partial charge is 0.381 e. The molecule has 26 heavy (non-hydrogen) atoms. The number of rotatable bonds is 5. The lowest BCUT2D eigenvalue weighted by Crippen LogP contribution is -2.39. The van der Waals surface area contributed by atoms with Gasteiger partial charge in [0.15, 0.2) is 0 Å². The second kappa shape index (κ2) is 7.66. The van der Waals surface area contributed by atoms with Crippen molar-refractivity contribution in [2.24, 2.45) is 0 Å². The Kier molecular flexibility index (Phi) is 5.69. The van der Waals surface area contributed by atoms with Crippen LogP contribution in [0.25, 0.3) is 0 Å². The molecular weight excluding hydrogens is 398 g/mol. The van der Waals surface area contributed by atoms with Crippen LogP contribution in [0.3, 0.4) is 0 Å². The summed E-state index contributed by atoms with van der Waals surface area (Å²) in [6.45, 7) is 0.951. The van der Waals surface area contributed by atoms with Gasteiger partial charge in [0.2, 0.25) is 19.9 Å². The van der Waals surface area contributed by atoms with Crippen LogP contribution in [0.1, 0.15) is 12.8 Å². The first-order chi connectivity index (χ1) is 12.3. The molecule has 0 radical (unpaired) electrons. The summed E-state index contributed by atoms with van der Waals surface area (Å²) in [6.07, 6.45) is 1.11. The molecule has 1 aliphatic heterocycles. The summed E-state index contributed by atoms with van der Waals surface area (Å²) in [5.74, 6) is 0. The predicted molar refractivity (Wildman–Crippen MR) is 97.5 cm³/mol. The van der Waals surface area contributed by atoms with E-state index in [1.165, 1.54) is 24.3 Å². The van der Waals surface area contributed by atoms with E-state index in [1.807, 2.05) is 0 Å². The maximum absolute atomic E-state index is 12.7. The third-order valence-electron chi connectivity index (χ3n) is 4.10. The molecule has 0 spiro atoms. The highest BCUT2D eigenvalue weighted by Gasteiger charge is 2.27. The highest BCUT2D eigenvalue weighted by Crippen LogP contribution is 2.28. The summed E-state index contributed by atoms with van der Waals surface area (Å²) in [5.41, 5.74) is 0. The van der Waals surface area contributed by atoms with Gasteiger partial charge in [-0.25, -0.2) is 21.6 Å². The molecule has 1 saturated heterocycles. The summed E-state index contributed by atoms with van der Waals surface area (Å²) in [5, 5.41) is -0.0310. The Hall–Kier alpha value is -1.45. The average molecular weight is 416 g/mol. The van der Waals surface area contributed by atoms with Crippen molar-refractivity contribution in [2.75, 3.05) is 13.2 Å². The van der Waals surface area contributed by atoms with Gasteiger partial charge >= 0.3 is 0 Å². The molecule has 9 heteroatoms. The second-order valence-corrected chi connectivity index (χ2v) is 9.96. The molecule has 0 aliphatic carbocycles. The molecular formula is C17H18ClNO5S2. The smallest absolute Gasteiger partial charge is 0.242 e. The average Bonchev–Trinajstić information content (AvgIpc) is 2.63. The van der Waals surface area contributed by atoms with Gasteiger partial charge in [0.25, 0.3) is 0 Å². The van der Waals surface area contributed by atoms with E-state index in [-0.39, 0.29) is 25.8 Å². The predicted octanol–water partition coefficient (Wildman–Crippen LogP) is 2.63. The summed E-state index contributed by atoms with van der Waals surface area (Å²) in [6, 6.07) is 11.3. The van der Waals surface area contributed by atoms with E-state index >= 15 is 0 Å². The zero-order valence-electron chi connectivity index (χ0n) is 13.8. The van der Waals surface area contributed by atoms with Crippen molar-refractivity contribution < 1.29 is 21.6 Å². The lowest BCUT2D eigenvalue weighted by atomic mass is 10.1. The first-order valence-electron chi connectivity index (χ1n) is 8.00. The Morgan fingerprint density at radius 2 is 1.58 bits per heavy atom. The standard InChI is InChI=1S/C17H18ClNO5S2/c18-16-7-6-15(25(20,21)14-4-2-1-3-5-14)12-17(16)26(22,23)19-13-8-10-24-11-9-13/h1-7,12-13,19H,8-11H2. The topological polar surface area (TPSA) is 89.5 Å². The number of benzene rings is 2. The number of halogens is 1. The molecule has 0 unspecified atom stereocenters. The SMILES string of the molecule is O=S(=O)(NC1CCOCC1)c1cc(S(=O)(=O)c2ccccc2)ccc1Cl. The van der Waals surface area contributed by atoms with E-state index in [2.05, 4.69) is 4.72 Å². The van der Waals surface area contributed by atoms with Crippen molar-refractivity contribution in [3.8, 4) is 0 Å². The fourth-order valence-electron chi connectivity index (χ4n) is 2.69. The zero-order valence-corrected chi connectivity index (χ0v) is 16.1. The van der Waals surface area contributed by atoms with Gasteiger partial charge in [0, 0.05) is 19.3 Å². The van der Waals surface area contributed by atoms with Crippen LogP contribution < -0.4 is 4.72 Å². The number of nitrogens with one attached hydrogen (secondary N) is 1. The number of sulfone groups is 1. The fourth-order valence-corrected chi connectivity index (χ4v) is 5.90. The van der Waals surface area contributed by atoms with Gasteiger partial charge in [-0.05, 0) is 43.2 Å². The van der Waals surface area contributed by atoms with Crippen LogP contribution in [0.4, 0.5) is 0 Å². The van der Waals surface area contributed by atoms with Crippen LogP contribution in [-0.2, 0) is 24.6 Å². The van der Waals surface area contributed by atoms with Crippen molar-refractivity contribution in [2.45, 2.75) is 33.6 Å². The Bertz CT molecular complexity index is 985. The first kappa shape index (κ1) is 19.3. The van der Waals surface area contributed by atoms with E-state index in [9.17, 15) is 16.8 Å². The number of ether oxygens (including phenoxy) is 1. The lowest BCUT2D eigenvalue weighted by molar-refractivity contribution is 0.0832.